The summed E-state index contributed by atoms with van der Waals surface area (Å²) in [6, 6.07) is 1.79. The van der Waals surface area contributed by atoms with Crippen LogP contribution in [0.1, 0.15) is 0 Å². The van der Waals surface area contributed by atoms with Gasteiger partial charge < -0.3 is 5.32 Å². The van der Waals surface area contributed by atoms with E-state index in [-0.39, 0.29) is 34.4 Å². The van der Waals surface area contributed by atoms with Crippen molar-refractivity contribution in [2.24, 2.45) is 0 Å². The van der Waals surface area contributed by atoms with Gasteiger partial charge in [0.1, 0.15) is 17.3 Å². The largest absolute Gasteiger partial charge is 0.366 e. The Labute approximate surface area is 137 Å². The summed E-state index contributed by atoms with van der Waals surface area (Å²) in [7, 11) is 0. The quantitative estimate of drug-likeness (QED) is 0.439. The summed E-state index contributed by atoms with van der Waals surface area (Å²) in [6.07, 6.45) is 2.63. The second kappa shape index (κ2) is 6.44. The standard InChI is InChI=1S/C14H8ClF4N5/c15-12-9(7-2-3-8(17)11(19)10(7)18)13(20-5-1-4-16)24-14(23-12)21-6-22-24/h1-4,6,20H,5H2. The van der Waals surface area contributed by atoms with Crippen molar-refractivity contribution >= 4 is 23.2 Å². The number of anilines is 1. The second-order valence-electron chi connectivity index (χ2n) is 4.56. The third-order valence-corrected chi connectivity index (χ3v) is 3.44. The monoisotopic (exact) mass is 357 g/mol. The molecule has 0 spiro atoms. The van der Waals surface area contributed by atoms with E-state index in [1.54, 1.807) is 0 Å². The molecule has 1 aromatic carbocycles. The third-order valence-electron chi connectivity index (χ3n) is 3.16. The van der Waals surface area contributed by atoms with E-state index in [0.717, 1.165) is 18.2 Å². The lowest BCUT2D eigenvalue weighted by Crippen LogP contribution is -2.09. The van der Waals surface area contributed by atoms with Crippen molar-refractivity contribution in [2.45, 2.75) is 0 Å². The van der Waals surface area contributed by atoms with Crippen LogP contribution in [0.5, 0.6) is 0 Å². The van der Waals surface area contributed by atoms with Crippen LogP contribution in [0.25, 0.3) is 16.9 Å². The van der Waals surface area contributed by atoms with Gasteiger partial charge in [0.15, 0.2) is 17.5 Å². The van der Waals surface area contributed by atoms with Gasteiger partial charge in [-0.2, -0.15) is 19.6 Å². The Balaban J connectivity index is 2.28. The fourth-order valence-electron chi connectivity index (χ4n) is 2.14. The highest BCUT2D eigenvalue weighted by molar-refractivity contribution is 6.33. The molecule has 0 atom stereocenters. The van der Waals surface area contributed by atoms with E-state index in [1.807, 2.05) is 0 Å². The maximum absolute atomic E-state index is 14.2. The molecule has 24 heavy (non-hydrogen) atoms. The maximum Gasteiger partial charge on any atom is 0.255 e. The number of nitrogens with zero attached hydrogens (tertiary/aromatic N) is 4. The zero-order valence-corrected chi connectivity index (χ0v) is 12.5. The predicted octanol–water partition coefficient (Wildman–Crippen LogP) is 3.76. The number of benzene rings is 1. The van der Waals surface area contributed by atoms with Gasteiger partial charge in [-0.1, -0.05) is 11.6 Å². The number of hydrogen-bond donors (Lipinski definition) is 1. The van der Waals surface area contributed by atoms with Crippen LogP contribution in [-0.4, -0.2) is 26.1 Å². The van der Waals surface area contributed by atoms with E-state index in [1.165, 1.54) is 10.8 Å². The summed E-state index contributed by atoms with van der Waals surface area (Å²) in [5.74, 6) is -4.21. The number of fused-ring (bicyclic) bond motifs is 1. The van der Waals surface area contributed by atoms with E-state index in [0.29, 0.717) is 6.33 Å². The van der Waals surface area contributed by atoms with Crippen molar-refractivity contribution in [2.75, 3.05) is 11.9 Å². The van der Waals surface area contributed by atoms with Gasteiger partial charge in [-0.05, 0) is 18.2 Å². The molecular formula is C14H8ClF4N5. The van der Waals surface area contributed by atoms with Gasteiger partial charge in [0.2, 0.25) is 0 Å². The average Bonchev–Trinajstić information content (AvgIpc) is 3.02. The Morgan fingerprint density at radius 2 is 2.00 bits per heavy atom. The van der Waals surface area contributed by atoms with Gasteiger partial charge >= 0.3 is 0 Å². The first-order valence-electron chi connectivity index (χ1n) is 6.56. The molecule has 2 aromatic heterocycles. The molecule has 0 amide bonds. The van der Waals surface area contributed by atoms with E-state index in [4.69, 9.17) is 11.6 Å². The molecule has 0 aliphatic heterocycles. The minimum Gasteiger partial charge on any atom is -0.366 e. The summed E-state index contributed by atoms with van der Waals surface area (Å²) < 4.78 is 54.3. The molecule has 0 unspecified atom stereocenters. The number of hydrogen-bond acceptors (Lipinski definition) is 4. The third kappa shape index (κ3) is 2.67. The molecule has 0 saturated carbocycles. The second-order valence-corrected chi connectivity index (χ2v) is 4.92. The Morgan fingerprint density at radius 1 is 1.21 bits per heavy atom. The first-order chi connectivity index (χ1) is 11.5. The molecular weight excluding hydrogens is 350 g/mol. The highest BCUT2D eigenvalue weighted by Crippen LogP contribution is 2.36. The van der Waals surface area contributed by atoms with Crippen LogP contribution in [0, 0.1) is 17.5 Å². The smallest absolute Gasteiger partial charge is 0.255 e. The molecule has 0 saturated heterocycles. The normalized spacial score (nSPS) is 11.5. The summed E-state index contributed by atoms with van der Waals surface area (Å²) in [4.78, 5) is 7.79. The van der Waals surface area contributed by atoms with Crippen molar-refractivity contribution in [1.82, 2.24) is 19.6 Å². The van der Waals surface area contributed by atoms with Crippen LogP contribution in [0.3, 0.4) is 0 Å². The molecule has 1 N–H and O–H groups in total. The van der Waals surface area contributed by atoms with E-state index < -0.39 is 17.5 Å². The van der Waals surface area contributed by atoms with Gasteiger partial charge in [-0.15, -0.1) is 0 Å². The van der Waals surface area contributed by atoms with Crippen molar-refractivity contribution in [1.29, 1.82) is 0 Å². The topological polar surface area (TPSA) is 55.1 Å². The summed E-state index contributed by atoms with van der Waals surface area (Å²) in [5, 5.41) is 6.48. The zero-order chi connectivity index (χ0) is 17.3. The molecule has 0 fully saturated rings. The SMILES string of the molecule is FC=CCNc1c(-c2ccc(F)c(F)c2F)c(Cl)nc2ncnn12. The average molecular weight is 358 g/mol. The lowest BCUT2D eigenvalue weighted by molar-refractivity contribution is 0.449. The minimum atomic E-state index is -1.64. The van der Waals surface area contributed by atoms with Gasteiger partial charge in [0.05, 0.1) is 11.9 Å². The van der Waals surface area contributed by atoms with E-state index in [9.17, 15) is 17.6 Å². The first kappa shape index (κ1) is 16.2. The Hall–Kier alpha value is -2.68. The molecule has 124 valence electrons. The van der Waals surface area contributed by atoms with Gasteiger partial charge in [0.25, 0.3) is 5.78 Å². The Kier molecular flexibility index (Phi) is 4.34. The summed E-state index contributed by atoms with van der Waals surface area (Å²) in [6.45, 7) is 0.00407. The van der Waals surface area contributed by atoms with Gasteiger partial charge in [-0.25, -0.2) is 17.6 Å². The van der Waals surface area contributed by atoms with Crippen LogP contribution >= 0.6 is 11.6 Å². The molecule has 3 aromatic rings. The minimum absolute atomic E-state index is 0.00407. The highest BCUT2D eigenvalue weighted by atomic mass is 35.5. The molecule has 0 aliphatic carbocycles. The van der Waals surface area contributed by atoms with Crippen LogP contribution < -0.4 is 5.32 Å². The van der Waals surface area contributed by atoms with Gasteiger partial charge in [0, 0.05) is 12.1 Å². The van der Waals surface area contributed by atoms with Crippen molar-refractivity contribution < 1.29 is 17.6 Å². The van der Waals surface area contributed by atoms with Crippen molar-refractivity contribution in [3.05, 3.63) is 53.5 Å². The molecule has 10 heteroatoms. The summed E-state index contributed by atoms with van der Waals surface area (Å²) >= 11 is 6.07. The fourth-order valence-corrected chi connectivity index (χ4v) is 2.40. The van der Waals surface area contributed by atoms with Crippen molar-refractivity contribution in [3.63, 3.8) is 0 Å². The number of nitrogens with one attached hydrogen (secondary N) is 1. The highest BCUT2D eigenvalue weighted by Gasteiger charge is 2.23. The molecule has 5 nitrogen and oxygen atoms in total. The molecule has 0 aliphatic rings. The number of halogens is 5. The number of rotatable bonds is 4. The molecule has 0 bridgehead atoms. The maximum atomic E-state index is 14.2. The Bertz CT molecular complexity index is 941. The molecule has 0 radical (unpaired) electrons. The Morgan fingerprint density at radius 3 is 2.75 bits per heavy atom. The number of aromatic nitrogens is 4. The van der Waals surface area contributed by atoms with Crippen molar-refractivity contribution in [3.8, 4) is 11.1 Å². The van der Waals surface area contributed by atoms with E-state index >= 15 is 0 Å². The van der Waals surface area contributed by atoms with Crippen LogP contribution in [0.15, 0.2) is 30.9 Å². The zero-order valence-electron chi connectivity index (χ0n) is 11.8. The predicted molar refractivity (Wildman–Crippen MR) is 79.8 cm³/mol. The van der Waals surface area contributed by atoms with Crippen LogP contribution in [0.4, 0.5) is 23.4 Å². The summed E-state index contributed by atoms with van der Waals surface area (Å²) in [5.41, 5.74) is -0.381. The molecule has 2 heterocycles. The lowest BCUT2D eigenvalue weighted by atomic mass is 10.1. The van der Waals surface area contributed by atoms with Crippen LogP contribution in [-0.2, 0) is 0 Å². The van der Waals surface area contributed by atoms with Crippen LogP contribution in [0.2, 0.25) is 5.15 Å². The first-order valence-corrected chi connectivity index (χ1v) is 6.94. The fraction of sp³-hybridized carbons (Fsp3) is 0.0714. The van der Waals surface area contributed by atoms with E-state index in [2.05, 4.69) is 20.4 Å². The van der Waals surface area contributed by atoms with Gasteiger partial charge in [-0.3, -0.25) is 0 Å². The lowest BCUT2D eigenvalue weighted by Gasteiger charge is -2.14. The molecule has 3 rings (SSSR count).